The van der Waals surface area contributed by atoms with Crippen LogP contribution in [0.15, 0.2) is 41.4 Å². The number of fused-ring (bicyclic) bond motifs is 2. The van der Waals surface area contributed by atoms with Gasteiger partial charge in [-0.3, -0.25) is 9.59 Å². The van der Waals surface area contributed by atoms with Crippen LogP contribution >= 0.6 is 22.9 Å². The molecule has 1 aliphatic heterocycles. The highest BCUT2D eigenvalue weighted by Gasteiger charge is 2.18. The highest BCUT2D eigenvalue weighted by Crippen LogP contribution is 2.35. The van der Waals surface area contributed by atoms with Crippen LogP contribution in [0.3, 0.4) is 0 Å². The second-order valence-corrected chi connectivity index (χ2v) is 7.76. The molecule has 7 nitrogen and oxygen atoms in total. The molecule has 0 saturated carbocycles. The summed E-state index contributed by atoms with van der Waals surface area (Å²) < 4.78 is 18.6. The van der Waals surface area contributed by atoms with Crippen molar-refractivity contribution in [1.29, 1.82) is 0 Å². The summed E-state index contributed by atoms with van der Waals surface area (Å²) in [6.07, 6.45) is 0.131. The van der Waals surface area contributed by atoms with Gasteiger partial charge in [-0.05, 0) is 17.7 Å². The van der Waals surface area contributed by atoms with E-state index in [-0.39, 0.29) is 18.9 Å². The van der Waals surface area contributed by atoms with Crippen molar-refractivity contribution in [2.75, 3.05) is 20.3 Å². The minimum atomic E-state index is -0.439. The number of amides is 1. The Morgan fingerprint density at radius 3 is 2.55 bits per heavy atom. The molecule has 0 spiro atoms. The molecular weight excluding hydrogens is 416 g/mol. The van der Waals surface area contributed by atoms with E-state index in [1.54, 1.807) is 34.9 Å². The second kappa shape index (κ2) is 8.26. The third kappa shape index (κ3) is 4.28. The quantitative estimate of drug-likeness (QED) is 0.592. The van der Waals surface area contributed by atoms with E-state index in [1.165, 1.54) is 18.4 Å². The topological polar surface area (TPSA) is 79.1 Å². The molecule has 0 atom stereocenters. The summed E-state index contributed by atoms with van der Waals surface area (Å²) in [6, 6.07) is 10.7. The molecule has 4 rings (SSSR count). The summed E-state index contributed by atoms with van der Waals surface area (Å²) in [5.41, 5.74) is 1.53. The molecule has 0 radical (unpaired) electrons. The number of thiazole rings is 1. The third-order valence-electron chi connectivity index (χ3n) is 4.35. The van der Waals surface area contributed by atoms with Gasteiger partial charge in [0.1, 0.15) is 19.8 Å². The number of hydrogen-bond donors (Lipinski definition) is 0. The van der Waals surface area contributed by atoms with Crippen LogP contribution < -0.4 is 14.3 Å². The largest absolute Gasteiger partial charge is 0.486 e. The third-order valence-corrected chi connectivity index (χ3v) is 5.64. The summed E-state index contributed by atoms with van der Waals surface area (Å²) in [4.78, 5) is 29.1. The van der Waals surface area contributed by atoms with Crippen molar-refractivity contribution < 1.29 is 23.8 Å². The van der Waals surface area contributed by atoms with E-state index in [4.69, 9.17) is 25.8 Å². The normalized spacial score (nSPS) is 13.5. The van der Waals surface area contributed by atoms with Gasteiger partial charge in [-0.25, -0.2) is 0 Å². The number of aromatic nitrogens is 1. The maximum absolute atomic E-state index is 12.5. The number of ether oxygens (including phenoxy) is 3. The van der Waals surface area contributed by atoms with Crippen LogP contribution in [0, 0.1) is 0 Å². The molecule has 1 amide bonds. The molecule has 0 N–H and O–H groups in total. The molecule has 2 heterocycles. The van der Waals surface area contributed by atoms with E-state index < -0.39 is 5.97 Å². The summed E-state index contributed by atoms with van der Waals surface area (Å²) in [6.45, 7) is 0.864. The Kier molecular flexibility index (Phi) is 5.55. The number of esters is 1. The number of carbonyl (C=O) groups is 2. The zero-order valence-electron chi connectivity index (χ0n) is 15.5. The summed E-state index contributed by atoms with van der Waals surface area (Å²) in [5, 5.41) is 0.604. The zero-order chi connectivity index (χ0) is 20.4. The average Bonchev–Trinajstić information content (AvgIpc) is 3.03. The molecule has 29 heavy (non-hydrogen) atoms. The molecular formula is C20H17ClN2O5S. The number of hydrogen-bond acceptors (Lipinski definition) is 6. The van der Waals surface area contributed by atoms with E-state index in [0.717, 1.165) is 15.8 Å². The number of carbonyl (C=O) groups excluding carboxylic acids is 2. The predicted molar refractivity (Wildman–Crippen MR) is 109 cm³/mol. The lowest BCUT2D eigenvalue weighted by Crippen LogP contribution is -2.23. The first kappa shape index (κ1) is 19.5. The van der Waals surface area contributed by atoms with Crippen molar-refractivity contribution in [3.05, 3.63) is 51.8 Å². The van der Waals surface area contributed by atoms with Crippen molar-refractivity contribution in [1.82, 2.24) is 4.57 Å². The van der Waals surface area contributed by atoms with Gasteiger partial charge in [0.2, 0.25) is 0 Å². The van der Waals surface area contributed by atoms with Gasteiger partial charge in [0.25, 0.3) is 5.91 Å². The summed E-state index contributed by atoms with van der Waals surface area (Å²) in [5.74, 6) is 0.467. The first-order chi connectivity index (χ1) is 14.0. The van der Waals surface area contributed by atoms with Gasteiger partial charge in [0.15, 0.2) is 16.3 Å². The van der Waals surface area contributed by atoms with Crippen LogP contribution in [0.25, 0.3) is 10.2 Å². The lowest BCUT2D eigenvalue weighted by atomic mass is 10.1. The van der Waals surface area contributed by atoms with Gasteiger partial charge in [0, 0.05) is 17.2 Å². The summed E-state index contributed by atoms with van der Waals surface area (Å²) >= 11 is 7.19. The first-order valence-electron chi connectivity index (χ1n) is 8.85. The molecule has 150 valence electrons. The van der Waals surface area contributed by atoms with E-state index in [0.29, 0.717) is 34.5 Å². The van der Waals surface area contributed by atoms with Crippen molar-refractivity contribution >= 4 is 45.0 Å². The van der Waals surface area contributed by atoms with Crippen molar-refractivity contribution in [3.8, 4) is 11.5 Å². The Morgan fingerprint density at radius 1 is 1.17 bits per heavy atom. The van der Waals surface area contributed by atoms with Gasteiger partial charge in [-0.1, -0.05) is 35.1 Å². The SMILES string of the molecule is COC(=O)Cn1c(=NC(=O)Cc2ccc(Cl)cc2)sc2cc3c(cc21)OCCO3. The van der Waals surface area contributed by atoms with Crippen molar-refractivity contribution in [3.63, 3.8) is 0 Å². The van der Waals surface area contributed by atoms with Gasteiger partial charge < -0.3 is 18.8 Å². The number of nitrogens with zero attached hydrogens (tertiary/aromatic N) is 2. The Labute approximate surface area is 175 Å². The molecule has 0 unspecified atom stereocenters. The van der Waals surface area contributed by atoms with Crippen LogP contribution in [0.5, 0.6) is 11.5 Å². The predicted octanol–water partition coefficient (Wildman–Crippen LogP) is 2.97. The fourth-order valence-electron chi connectivity index (χ4n) is 2.96. The molecule has 2 aromatic carbocycles. The molecule has 0 fully saturated rings. The van der Waals surface area contributed by atoms with Gasteiger partial charge in [0.05, 0.1) is 23.7 Å². The Balaban J connectivity index is 1.75. The fraction of sp³-hybridized carbons (Fsp3) is 0.250. The first-order valence-corrected chi connectivity index (χ1v) is 10.0. The van der Waals surface area contributed by atoms with Crippen LogP contribution in [0.2, 0.25) is 5.02 Å². The van der Waals surface area contributed by atoms with E-state index in [9.17, 15) is 9.59 Å². The molecule has 0 saturated heterocycles. The van der Waals surface area contributed by atoms with Crippen LogP contribution in [0.1, 0.15) is 5.56 Å². The number of methoxy groups -OCH3 is 1. The van der Waals surface area contributed by atoms with E-state index in [1.807, 2.05) is 6.07 Å². The zero-order valence-corrected chi connectivity index (χ0v) is 17.1. The average molecular weight is 433 g/mol. The highest BCUT2D eigenvalue weighted by molar-refractivity contribution is 7.16. The second-order valence-electron chi connectivity index (χ2n) is 6.32. The van der Waals surface area contributed by atoms with Crippen molar-refractivity contribution in [2.45, 2.75) is 13.0 Å². The minimum Gasteiger partial charge on any atom is -0.486 e. The van der Waals surface area contributed by atoms with E-state index in [2.05, 4.69) is 4.99 Å². The molecule has 0 aliphatic carbocycles. The van der Waals surface area contributed by atoms with Crippen molar-refractivity contribution in [2.24, 2.45) is 4.99 Å². The maximum Gasteiger partial charge on any atom is 0.325 e. The number of benzene rings is 2. The molecule has 0 bridgehead atoms. The van der Waals surface area contributed by atoms with Gasteiger partial charge in [-0.15, -0.1) is 0 Å². The maximum atomic E-state index is 12.5. The van der Waals surface area contributed by atoms with Gasteiger partial charge in [-0.2, -0.15) is 4.99 Å². The lowest BCUT2D eigenvalue weighted by molar-refractivity contribution is -0.141. The molecule has 9 heteroatoms. The number of halogens is 1. The Morgan fingerprint density at radius 2 is 1.86 bits per heavy atom. The van der Waals surface area contributed by atoms with E-state index >= 15 is 0 Å². The fourth-order valence-corrected chi connectivity index (χ4v) is 4.14. The van der Waals surface area contributed by atoms with Crippen LogP contribution in [-0.4, -0.2) is 36.8 Å². The number of rotatable bonds is 4. The lowest BCUT2D eigenvalue weighted by Gasteiger charge is -2.18. The Bertz CT molecular complexity index is 1150. The molecule has 1 aliphatic rings. The summed E-state index contributed by atoms with van der Waals surface area (Å²) in [7, 11) is 1.32. The highest BCUT2D eigenvalue weighted by atomic mass is 35.5. The minimum absolute atomic E-state index is 0.0663. The van der Waals surface area contributed by atoms with Crippen LogP contribution in [-0.2, 0) is 27.3 Å². The van der Waals surface area contributed by atoms with Crippen LogP contribution in [0.4, 0.5) is 0 Å². The standard InChI is InChI=1S/C20H17ClN2O5S/c1-26-19(25)11-23-14-9-15-16(28-7-6-27-15)10-17(14)29-20(23)22-18(24)8-12-2-4-13(21)5-3-12/h2-5,9-10H,6-8,11H2,1H3. The monoisotopic (exact) mass is 432 g/mol. The molecule has 3 aromatic rings. The van der Waals surface area contributed by atoms with Gasteiger partial charge >= 0.3 is 5.97 Å². The molecule has 1 aromatic heterocycles. The smallest absolute Gasteiger partial charge is 0.325 e. The Hall–Kier alpha value is -2.84.